The van der Waals surface area contributed by atoms with Crippen LogP contribution in [0.25, 0.3) is 0 Å². The molecule has 0 fully saturated rings. The van der Waals surface area contributed by atoms with Crippen LogP contribution >= 0.6 is 0 Å². The van der Waals surface area contributed by atoms with E-state index in [4.69, 9.17) is 5.11 Å². The molecule has 1 aromatic rings. The molecule has 1 aromatic carbocycles. The first kappa shape index (κ1) is 11.1. The highest BCUT2D eigenvalue weighted by Gasteiger charge is 2.09. The fraction of sp³-hybridized carbons (Fsp3) is 0.300. The molecule has 0 amide bonds. The summed E-state index contributed by atoms with van der Waals surface area (Å²) in [7, 11) is -1.25. The van der Waals surface area contributed by atoms with E-state index in [-0.39, 0.29) is 23.9 Å². The van der Waals surface area contributed by atoms with E-state index in [0.717, 1.165) is 0 Å². The third-order valence-electron chi connectivity index (χ3n) is 1.71. The standard InChI is InChI=1S/C10H12O3S/c11-6-7-14(13)8-10(12)9-4-2-1-3-5-9/h1-5,11H,6-8H2/t14-/m0/s1. The van der Waals surface area contributed by atoms with E-state index in [9.17, 15) is 9.00 Å². The number of aliphatic hydroxyl groups is 1. The molecule has 0 spiro atoms. The lowest BCUT2D eigenvalue weighted by Gasteiger charge is -1.99. The molecule has 76 valence electrons. The molecule has 0 radical (unpaired) electrons. The first-order chi connectivity index (χ1) is 6.74. The van der Waals surface area contributed by atoms with Crippen molar-refractivity contribution in [1.82, 2.24) is 0 Å². The summed E-state index contributed by atoms with van der Waals surface area (Å²) in [5.74, 6) is 0.0146. The smallest absolute Gasteiger partial charge is 0.175 e. The van der Waals surface area contributed by atoms with Crippen LogP contribution in [-0.2, 0) is 10.8 Å². The Morgan fingerprint density at radius 1 is 1.29 bits per heavy atom. The van der Waals surface area contributed by atoms with Gasteiger partial charge in [0.15, 0.2) is 5.78 Å². The Labute approximate surface area is 85.2 Å². The number of carbonyl (C=O) groups is 1. The van der Waals surface area contributed by atoms with E-state index in [1.165, 1.54) is 0 Å². The summed E-state index contributed by atoms with van der Waals surface area (Å²) in [6, 6.07) is 8.74. The van der Waals surface area contributed by atoms with E-state index in [0.29, 0.717) is 5.56 Å². The number of Topliss-reactive ketones (excluding diaryl/α,β-unsaturated/α-hetero) is 1. The molecule has 0 aliphatic heterocycles. The van der Waals surface area contributed by atoms with Crippen molar-refractivity contribution >= 4 is 16.6 Å². The molecule has 0 bridgehead atoms. The third kappa shape index (κ3) is 3.40. The van der Waals surface area contributed by atoms with Crippen LogP contribution in [-0.4, -0.2) is 33.2 Å². The predicted octanol–water partition coefficient (Wildman–Crippen LogP) is 0.610. The van der Waals surface area contributed by atoms with Crippen molar-refractivity contribution in [3.8, 4) is 0 Å². The molecule has 0 saturated carbocycles. The number of benzene rings is 1. The van der Waals surface area contributed by atoms with Crippen LogP contribution < -0.4 is 0 Å². The van der Waals surface area contributed by atoms with E-state index in [1.54, 1.807) is 24.3 Å². The fourth-order valence-electron chi connectivity index (χ4n) is 1.03. The van der Waals surface area contributed by atoms with Gasteiger partial charge in [-0.3, -0.25) is 9.00 Å². The van der Waals surface area contributed by atoms with Crippen molar-refractivity contribution < 1.29 is 14.1 Å². The zero-order valence-electron chi connectivity index (χ0n) is 7.68. The van der Waals surface area contributed by atoms with Crippen LogP contribution in [0.3, 0.4) is 0 Å². The summed E-state index contributed by atoms with van der Waals surface area (Å²) in [5, 5.41) is 8.52. The quantitative estimate of drug-likeness (QED) is 0.728. The van der Waals surface area contributed by atoms with Crippen LogP contribution in [0.1, 0.15) is 10.4 Å². The Morgan fingerprint density at radius 2 is 1.93 bits per heavy atom. The minimum atomic E-state index is -1.25. The molecular formula is C10H12O3S. The number of rotatable bonds is 5. The SMILES string of the molecule is O=C(C[S@@](=O)CCO)c1ccccc1. The molecule has 3 nitrogen and oxygen atoms in total. The highest BCUT2D eigenvalue weighted by molar-refractivity contribution is 7.85. The Bertz CT molecular complexity index is 321. The van der Waals surface area contributed by atoms with Crippen molar-refractivity contribution in [3.63, 3.8) is 0 Å². The minimum absolute atomic E-state index is 0.00935. The Morgan fingerprint density at radius 3 is 2.50 bits per heavy atom. The molecule has 0 heterocycles. The van der Waals surface area contributed by atoms with E-state index >= 15 is 0 Å². The Hall–Kier alpha value is -1.00. The van der Waals surface area contributed by atoms with Gasteiger partial charge in [-0.2, -0.15) is 0 Å². The highest BCUT2D eigenvalue weighted by atomic mass is 32.2. The first-order valence-electron chi connectivity index (χ1n) is 4.28. The first-order valence-corrected chi connectivity index (χ1v) is 5.77. The molecule has 0 saturated heterocycles. The Kier molecular flexibility index (Phi) is 4.49. The van der Waals surface area contributed by atoms with Crippen LogP contribution in [0.4, 0.5) is 0 Å². The summed E-state index contributed by atoms with van der Waals surface area (Å²) in [5.41, 5.74) is 0.568. The van der Waals surface area contributed by atoms with Gasteiger partial charge in [0.1, 0.15) is 0 Å². The number of hydrogen-bond acceptors (Lipinski definition) is 3. The van der Waals surface area contributed by atoms with Gasteiger partial charge in [0.05, 0.1) is 12.4 Å². The molecule has 1 atom stereocenters. The topological polar surface area (TPSA) is 54.4 Å². The monoisotopic (exact) mass is 212 g/mol. The van der Waals surface area contributed by atoms with Crippen LogP contribution in [0.15, 0.2) is 30.3 Å². The van der Waals surface area contributed by atoms with Crippen molar-refractivity contribution in [2.75, 3.05) is 18.1 Å². The molecule has 4 heteroatoms. The average Bonchev–Trinajstić information content (AvgIpc) is 2.19. The van der Waals surface area contributed by atoms with Crippen LogP contribution in [0.2, 0.25) is 0 Å². The molecule has 14 heavy (non-hydrogen) atoms. The van der Waals surface area contributed by atoms with Gasteiger partial charge >= 0.3 is 0 Å². The van der Waals surface area contributed by atoms with E-state index in [2.05, 4.69) is 0 Å². The number of aliphatic hydroxyl groups excluding tert-OH is 1. The van der Waals surface area contributed by atoms with Gasteiger partial charge in [0.2, 0.25) is 0 Å². The molecule has 1 rings (SSSR count). The summed E-state index contributed by atoms with van der Waals surface area (Å²) >= 11 is 0. The van der Waals surface area contributed by atoms with Crippen molar-refractivity contribution in [3.05, 3.63) is 35.9 Å². The van der Waals surface area contributed by atoms with Crippen molar-refractivity contribution in [2.24, 2.45) is 0 Å². The predicted molar refractivity (Wildman–Crippen MR) is 55.7 cm³/mol. The molecular weight excluding hydrogens is 200 g/mol. The highest BCUT2D eigenvalue weighted by Crippen LogP contribution is 2.01. The molecule has 0 aliphatic carbocycles. The summed E-state index contributed by atoms with van der Waals surface area (Å²) in [6.45, 7) is -0.144. The van der Waals surface area contributed by atoms with Gasteiger partial charge in [0, 0.05) is 22.1 Å². The average molecular weight is 212 g/mol. The minimum Gasteiger partial charge on any atom is -0.395 e. The maximum Gasteiger partial charge on any atom is 0.175 e. The van der Waals surface area contributed by atoms with Gasteiger partial charge in [-0.05, 0) is 0 Å². The lowest BCUT2D eigenvalue weighted by molar-refractivity contribution is 0.102. The van der Waals surface area contributed by atoms with Gasteiger partial charge < -0.3 is 5.11 Å². The van der Waals surface area contributed by atoms with Gasteiger partial charge in [0.25, 0.3) is 0 Å². The zero-order valence-corrected chi connectivity index (χ0v) is 8.50. The van der Waals surface area contributed by atoms with Gasteiger partial charge in [-0.1, -0.05) is 30.3 Å². The maximum absolute atomic E-state index is 11.5. The molecule has 0 aromatic heterocycles. The number of carbonyl (C=O) groups excluding carboxylic acids is 1. The summed E-state index contributed by atoms with van der Waals surface area (Å²) in [4.78, 5) is 11.5. The number of ketones is 1. The second-order valence-electron chi connectivity index (χ2n) is 2.80. The maximum atomic E-state index is 11.5. The summed E-state index contributed by atoms with van der Waals surface area (Å²) < 4.78 is 11.2. The Balaban J connectivity index is 2.55. The number of hydrogen-bond donors (Lipinski definition) is 1. The van der Waals surface area contributed by atoms with Crippen molar-refractivity contribution in [2.45, 2.75) is 0 Å². The normalized spacial score (nSPS) is 12.4. The van der Waals surface area contributed by atoms with Crippen LogP contribution in [0.5, 0.6) is 0 Å². The largest absolute Gasteiger partial charge is 0.395 e. The molecule has 0 unspecified atom stereocenters. The molecule has 0 aliphatic rings. The van der Waals surface area contributed by atoms with Gasteiger partial charge in [-0.25, -0.2) is 0 Å². The second-order valence-corrected chi connectivity index (χ2v) is 4.38. The van der Waals surface area contributed by atoms with Crippen molar-refractivity contribution in [1.29, 1.82) is 0 Å². The van der Waals surface area contributed by atoms with Crippen LogP contribution in [0, 0.1) is 0 Å². The second kappa shape index (κ2) is 5.67. The van der Waals surface area contributed by atoms with E-state index in [1.807, 2.05) is 6.07 Å². The zero-order chi connectivity index (χ0) is 10.4. The lowest BCUT2D eigenvalue weighted by Crippen LogP contribution is -2.14. The third-order valence-corrected chi connectivity index (χ3v) is 2.93. The summed E-state index contributed by atoms with van der Waals surface area (Å²) in [6.07, 6.45) is 0. The van der Waals surface area contributed by atoms with Gasteiger partial charge in [-0.15, -0.1) is 0 Å². The molecule has 1 N–H and O–H groups in total. The fourth-order valence-corrected chi connectivity index (χ4v) is 1.83. The lowest BCUT2D eigenvalue weighted by atomic mass is 10.2. The van der Waals surface area contributed by atoms with E-state index < -0.39 is 10.8 Å².